The molecule has 0 aliphatic carbocycles. The minimum Gasteiger partial charge on any atom is -0.385 e. The molecule has 0 saturated carbocycles. The zero-order valence-electron chi connectivity index (χ0n) is 12.0. The van der Waals surface area contributed by atoms with Crippen molar-refractivity contribution in [3.63, 3.8) is 0 Å². The van der Waals surface area contributed by atoms with Crippen LogP contribution in [-0.2, 0) is 11.2 Å². The zero-order chi connectivity index (χ0) is 13.5. The number of methoxy groups -OCH3 is 1. The maximum Gasteiger partial charge on any atom is 0.244 e. The van der Waals surface area contributed by atoms with Crippen molar-refractivity contribution in [2.75, 3.05) is 45.3 Å². The molecule has 0 amide bonds. The van der Waals surface area contributed by atoms with Crippen LogP contribution in [0.2, 0.25) is 0 Å². The Balaban J connectivity index is 1.79. The third kappa shape index (κ3) is 4.18. The molecule has 0 radical (unpaired) electrons. The van der Waals surface area contributed by atoms with Gasteiger partial charge in [-0.25, -0.2) is 0 Å². The van der Waals surface area contributed by atoms with E-state index in [-0.39, 0.29) is 0 Å². The Bertz CT molecular complexity index is 360. The number of rotatable bonds is 7. The maximum atomic E-state index is 5.04. The molecule has 0 unspecified atom stereocenters. The highest BCUT2D eigenvalue weighted by atomic mass is 16.5. The van der Waals surface area contributed by atoms with Crippen LogP contribution in [0.4, 0.5) is 5.95 Å². The first-order valence-corrected chi connectivity index (χ1v) is 7.13. The van der Waals surface area contributed by atoms with E-state index in [0.29, 0.717) is 0 Å². The summed E-state index contributed by atoms with van der Waals surface area (Å²) in [5.41, 5.74) is 0. The molecule has 0 bridgehead atoms. The van der Waals surface area contributed by atoms with Crippen LogP contribution in [0.15, 0.2) is 0 Å². The summed E-state index contributed by atoms with van der Waals surface area (Å²) < 4.78 is 5.04. The third-order valence-corrected chi connectivity index (χ3v) is 3.67. The van der Waals surface area contributed by atoms with Gasteiger partial charge in [-0.2, -0.15) is 4.98 Å². The number of hydrogen-bond donors (Lipinski definition) is 2. The number of H-pyrrole nitrogens is 1. The lowest BCUT2D eigenvalue weighted by atomic mass is 9.97. The zero-order valence-corrected chi connectivity index (χ0v) is 12.0. The number of aromatic amines is 1. The Morgan fingerprint density at radius 2 is 2.21 bits per heavy atom. The molecule has 1 aromatic heterocycles. The van der Waals surface area contributed by atoms with Crippen molar-refractivity contribution < 1.29 is 4.74 Å². The fourth-order valence-electron chi connectivity index (χ4n) is 2.55. The Morgan fingerprint density at radius 1 is 1.42 bits per heavy atom. The van der Waals surface area contributed by atoms with Crippen LogP contribution in [0, 0.1) is 5.92 Å². The monoisotopic (exact) mass is 267 g/mol. The van der Waals surface area contributed by atoms with Gasteiger partial charge in [-0.3, -0.25) is 5.10 Å². The standard InChI is InChI=1S/C13H25N5O/c1-14-10-11-5-7-18(8-6-11)13-15-12(16-17-13)4-3-9-19-2/h11,14H,3-10H2,1-2H3,(H,15,16,17). The summed E-state index contributed by atoms with van der Waals surface area (Å²) in [5, 5.41) is 10.6. The lowest BCUT2D eigenvalue weighted by molar-refractivity contribution is 0.194. The number of hydrogen-bond acceptors (Lipinski definition) is 5. The van der Waals surface area contributed by atoms with E-state index in [2.05, 4.69) is 25.4 Å². The van der Waals surface area contributed by atoms with Crippen LogP contribution in [0.3, 0.4) is 0 Å². The van der Waals surface area contributed by atoms with E-state index in [0.717, 1.165) is 56.8 Å². The van der Waals surface area contributed by atoms with Crippen molar-refractivity contribution in [1.29, 1.82) is 0 Å². The first-order valence-electron chi connectivity index (χ1n) is 7.13. The Labute approximate surface area is 114 Å². The summed E-state index contributed by atoms with van der Waals surface area (Å²) in [6.45, 7) is 4.00. The summed E-state index contributed by atoms with van der Waals surface area (Å²) in [5.74, 6) is 2.61. The summed E-state index contributed by atoms with van der Waals surface area (Å²) in [6.07, 6.45) is 4.31. The fourth-order valence-corrected chi connectivity index (χ4v) is 2.55. The molecule has 2 N–H and O–H groups in total. The Morgan fingerprint density at radius 3 is 2.89 bits per heavy atom. The van der Waals surface area contributed by atoms with Crippen molar-refractivity contribution in [3.8, 4) is 0 Å². The van der Waals surface area contributed by atoms with E-state index in [1.165, 1.54) is 12.8 Å². The van der Waals surface area contributed by atoms with Gasteiger partial charge in [0.05, 0.1) is 0 Å². The molecule has 6 nitrogen and oxygen atoms in total. The van der Waals surface area contributed by atoms with Crippen LogP contribution >= 0.6 is 0 Å². The van der Waals surface area contributed by atoms with Gasteiger partial charge in [-0.15, -0.1) is 5.10 Å². The second-order valence-electron chi connectivity index (χ2n) is 5.17. The number of aromatic nitrogens is 3. The van der Waals surface area contributed by atoms with Crippen molar-refractivity contribution in [1.82, 2.24) is 20.5 Å². The molecule has 0 aromatic carbocycles. The van der Waals surface area contributed by atoms with Gasteiger partial charge in [0, 0.05) is 33.2 Å². The quantitative estimate of drug-likeness (QED) is 0.716. The van der Waals surface area contributed by atoms with E-state index in [4.69, 9.17) is 4.74 Å². The smallest absolute Gasteiger partial charge is 0.244 e. The lowest BCUT2D eigenvalue weighted by Gasteiger charge is -2.30. The van der Waals surface area contributed by atoms with Gasteiger partial charge in [0.1, 0.15) is 5.82 Å². The largest absolute Gasteiger partial charge is 0.385 e. The maximum absolute atomic E-state index is 5.04. The van der Waals surface area contributed by atoms with Crippen molar-refractivity contribution >= 4 is 5.95 Å². The molecule has 1 aliphatic heterocycles. The van der Waals surface area contributed by atoms with Crippen LogP contribution in [0.25, 0.3) is 0 Å². The van der Waals surface area contributed by atoms with Gasteiger partial charge in [-0.05, 0) is 38.8 Å². The van der Waals surface area contributed by atoms with E-state index >= 15 is 0 Å². The number of piperidine rings is 1. The van der Waals surface area contributed by atoms with E-state index in [1.807, 2.05) is 7.05 Å². The number of anilines is 1. The summed E-state index contributed by atoms with van der Waals surface area (Å²) in [4.78, 5) is 6.85. The SMILES string of the molecule is CNCC1CCN(c2n[nH]c(CCCOC)n2)CC1. The molecule has 1 aliphatic rings. The second kappa shape index (κ2) is 7.45. The van der Waals surface area contributed by atoms with E-state index in [9.17, 15) is 0 Å². The highest BCUT2D eigenvalue weighted by Gasteiger charge is 2.21. The molecule has 108 valence electrons. The number of aryl methyl sites for hydroxylation is 1. The number of nitrogens with zero attached hydrogens (tertiary/aromatic N) is 3. The van der Waals surface area contributed by atoms with Crippen LogP contribution in [0.1, 0.15) is 25.1 Å². The minimum absolute atomic E-state index is 0.769. The molecule has 6 heteroatoms. The van der Waals surface area contributed by atoms with Crippen molar-refractivity contribution in [2.24, 2.45) is 5.92 Å². The Hall–Kier alpha value is -1.14. The normalized spacial score (nSPS) is 17.1. The highest BCUT2D eigenvalue weighted by Crippen LogP contribution is 2.20. The first-order chi connectivity index (χ1) is 9.33. The third-order valence-electron chi connectivity index (χ3n) is 3.67. The molecular weight excluding hydrogens is 242 g/mol. The predicted molar refractivity (Wildman–Crippen MR) is 75.4 cm³/mol. The van der Waals surface area contributed by atoms with Crippen molar-refractivity contribution in [3.05, 3.63) is 5.82 Å². The number of ether oxygens (including phenoxy) is 1. The molecule has 1 fully saturated rings. The molecule has 2 rings (SSSR count). The topological polar surface area (TPSA) is 66.1 Å². The summed E-state index contributed by atoms with van der Waals surface area (Å²) in [6, 6.07) is 0. The van der Waals surface area contributed by atoms with Crippen LogP contribution < -0.4 is 10.2 Å². The minimum atomic E-state index is 0.769. The Kier molecular flexibility index (Phi) is 5.60. The molecule has 2 heterocycles. The first kappa shape index (κ1) is 14.3. The van der Waals surface area contributed by atoms with Gasteiger partial charge < -0.3 is 15.0 Å². The average Bonchev–Trinajstić information content (AvgIpc) is 2.89. The molecule has 0 atom stereocenters. The van der Waals surface area contributed by atoms with E-state index < -0.39 is 0 Å². The van der Waals surface area contributed by atoms with Gasteiger partial charge in [0.2, 0.25) is 5.95 Å². The van der Waals surface area contributed by atoms with Gasteiger partial charge in [-0.1, -0.05) is 0 Å². The lowest BCUT2D eigenvalue weighted by Crippen LogP contribution is -2.37. The highest BCUT2D eigenvalue weighted by molar-refractivity contribution is 5.29. The van der Waals surface area contributed by atoms with Crippen molar-refractivity contribution in [2.45, 2.75) is 25.7 Å². The molecule has 1 saturated heterocycles. The fraction of sp³-hybridized carbons (Fsp3) is 0.846. The predicted octanol–water partition coefficient (Wildman–Crippen LogP) is 0.819. The average molecular weight is 267 g/mol. The molecule has 1 aromatic rings. The molecule has 0 spiro atoms. The summed E-state index contributed by atoms with van der Waals surface area (Å²) in [7, 11) is 3.75. The summed E-state index contributed by atoms with van der Waals surface area (Å²) >= 11 is 0. The van der Waals surface area contributed by atoms with Gasteiger partial charge in [0.25, 0.3) is 0 Å². The molecular formula is C13H25N5O. The van der Waals surface area contributed by atoms with Crippen LogP contribution in [-0.4, -0.2) is 55.6 Å². The van der Waals surface area contributed by atoms with Gasteiger partial charge >= 0.3 is 0 Å². The number of nitrogens with one attached hydrogen (secondary N) is 2. The van der Waals surface area contributed by atoms with Crippen LogP contribution in [0.5, 0.6) is 0 Å². The van der Waals surface area contributed by atoms with E-state index in [1.54, 1.807) is 7.11 Å². The molecule has 19 heavy (non-hydrogen) atoms. The van der Waals surface area contributed by atoms with Gasteiger partial charge in [0.15, 0.2) is 0 Å². The second-order valence-corrected chi connectivity index (χ2v) is 5.17.